The van der Waals surface area contributed by atoms with Gasteiger partial charge in [0.25, 0.3) is 0 Å². The maximum atomic E-state index is 6.06. The lowest BCUT2D eigenvalue weighted by atomic mass is 10.0. The highest BCUT2D eigenvalue weighted by Gasteiger charge is 2.42. The summed E-state index contributed by atoms with van der Waals surface area (Å²) >= 11 is 0. The van der Waals surface area contributed by atoms with Crippen LogP contribution in [0.5, 0.6) is 0 Å². The van der Waals surface area contributed by atoms with E-state index in [-0.39, 0.29) is 6.10 Å². The van der Waals surface area contributed by atoms with Gasteiger partial charge in [-0.2, -0.15) is 4.98 Å². The van der Waals surface area contributed by atoms with Crippen molar-refractivity contribution in [2.45, 2.75) is 51.2 Å². The number of hydrogen-bond donors (Lipinski definition) is 2. The summed E-state index contributed by atoms with van der Waals surface area (Å²) in [5, 5.41) is 10.5. The Morgan fingerprint density at radius 2 is 2.35 bits per heavy atom. The van der Waals surface area contributed by atoms with Crippen molar-refractivity contribution in [2.24, 2.45) is 5.92 Å². The molecule has 112 valence electrons. The van der Waals surface area contributed by atoms with Crippen LogP contribution < -0.4 is 5.32 Å². The fraction of sp³-hybridized carbons (Fsp3) is 0.857. The van der Waals surface area contributed by atoms with Crippen LogP contribution in [0.15, 0.2) is 0 Å². The van der Waals surface area contributed by atoms with E-state index in [1.807, 2.05) is 13.8 Å². The lowest BCUT2D eigenvalue weighted by Gasteiger charge is -2.27. The van der Waals surface area contributed by atoms with Crippen LogP contribution in [0.25, 0.3) is 0 Å². The van der Waals surface area contributed by atoms with Crippen LogP contribution in [0.4, 0.5) is 5.95 Å². The Balaban J connectivity index is 1.63. The van der Waals surface area contributed by atoms with E-state index in [1.54, 1.807) is 0 Å². The van der Waals surface area contributed by atoms with Crippen molar-refractivity contribution >= 4 is 5.95 Å². The highest BCUT2D eigenvalue weighted by molar-refractivity contribution is 5.24. The largest absolute Gasteiger partial charge is 0.378 e. The summed E-state index contributed by atoms with van der Waals surface area (Å²) in [6.07, 6.45) is 4.92. The first-order valence-electron chi connectivity index (χ1n) is 7.60. The molecule has 0 bridgehead atoms. The van der Waals surface area contributed by atoms with E-state index in [0.29, 0.717) is 19.2 Å². The number of ether oxygens (including phenoxy) is 2. The Morgan fingerprint density at radius 1 is 1.50 bits per heavy atom. The van der Waals surface area contributed by atoms with Gasteiger partial charge >= 0.3 is 0 Å². The van der Waals surface area contributed by atoms with Gasteiger partial charge < -0.3 is 14.8 Å². The van der Waals surface area contributed by atoms with E-state index in [1.165, 1.54) is 19.3 Å². The van der Waals surface area contributed by atoms with Gasteiger partial charge in [0.2, 0.25) is 5.95 Å². The summed E-state index contributed by atoms with van der Waals surface area (Å²) in [5.41, 5.74) is -0.461. The second-order valence-electron chi connectivity index (χ2n) is 6.13. The molecule has 0 radical (unpaired) electrons. The predicted octanol–water partition coefficient (Wildman–Crippen LogP) is 2.06. The van der Waals surface area contributed by atoms with Gasteiger partial charge in [-0.1, -0.05) is 12.8 Å². The maximum absolute atomic E-state index is 6.06. The fourth-order valence-corrected chi connectivity index (χ4v) is 2.67. The average molecular weight is 280 g/mol. The SMILES string of the molecule is CC(C)OC1(c2nc(NCCC3CC3)n[nH]2)CCOC1. The van der Waals surface area contributed by atoms with Crippen LogP contribution in [0, 0.1) is 5.92 Å². The van der Waals surface area contributed by atoms with E-state index in [0.717, 1.165) is 24.7 Å². The molecule has 2 N–H and O–H groups in total. The summed E-state index contributed by atoms with van der Waals surface area (Å²) in [7, 11) is 0. The zero-order valence-electron chi connectivity index (χ0n) is 12.3. The summed E-state index contributed by atoms with van der Waals surface area (Å²) < 4.78 is 11.6. The Bertz CT molecular complexity index is 436. The molecule has 1 aromatic rings. The molecule has 1 saturated heterocycles. The molecule has 6 heteroatoms. The van der Waals surface area contributed by atoms with Gasteiger partial charge in [-0.05, 0) is 26.2 Å². The van der Waals surface area contributed by atoms with Crippen molar-refractivity contribution < 1.29 is 9.47 Å². The predicted molar refractivity (Wildman–Crippen MR) is 75.5 cm³/mol. The molecule has 1 atom stereocenters. The van der Waals surface area contributed by atoms with Gasteiger partial charge in [-0.15, -0.1) is 5.10 Å². The summed E-state index contributed by atoms with van der Waals surface area (Å²) in [5.74, 6) is 2.36. The molecule has 20 heavy (non-hydrogen) atoms. The van der Waals surface area contributed by atoms with E-state index in [4.69, 9.17) is 9.47 Å². The van der Waals surface area contributed by atoms with Crippen molar-refractivity contribution in [3.8, 4) is 0 Å². The molecule has 0 spiro atoms. The molecule has 2 heterocycles. The Kier molecular flexibility index (Phi) is 3.94. The van der Waals surface area contributed by atoms with Gasteiger partial charge in [0.05, 0.1) is 19.3 Å². The molecule has 1 aliphatic heterocycles. The number of rotatable bonds is 7. The third-order valence-electron chi connectivity index (χ3n) is 3.90. The minimum atomic E-state index is -0.461. The highest BCUT2D eigenvalue weighted by atomic mass is 16.6. The van der Waals surface area contributed by atoms with Gasteiger partial charge in [0, 0.05) is 13.0 Å². The zero-order valence-corrected chi connectivity index (χ0v) is 12.3. The van der Waals surface area contributed by atoms with Crippen molar-refractivity contribution in [2.75, 3.05) is 25.1 Å². The number of H-pyrrole nitrogens is 1. The van der Waals surface area contributed by atoms with Crippen LogP contribution in [0.3, 0.4) is 0 Å². The molecule has 1 unspecified atom stereocenters. The number of nitrogens with one attached hydrogen (secondary N) is 2. The number of aromatic amines is 1. The second kappa shape index (κ2) is 5.69. The monoisotopic (exact) mass is 280 g/mol. The molecule has 2 fully saturated rings. The summed E-state index contributed by atoms with van der Waals surface area (Å²) in [6.45, 7) is 6.26. The lowest BCUT2D eigenvalue weighted by Crippen LogP contribution is -2.34. The van der Waals surface area contributed by atoms with Crippen molar-refractivity contribution in [1.82, 2.24) is 15.2 Å². The van der Waals surface area contributed by atoms with Crippen molar-refractivity contribution in [3.63, 3.8) is 0 Å². The minimum Gasteiger partial charge on any atom is -0.378 e. The fourth-order valence-electron chi connectivity index (χ4n) is 2.67. The first-order valence-corrected chi connectivity index (χ1v) is 7.60. The first-order chi connectivity index (χ1) is 9.68. The van der Waals surface area contributed by atoms with Gasteiger partial charge in [0.15, 0.2) is 11.4 Å². The van der Waals surface area contributed by atoms with E-state index < -0.39 is 5.60 Å². The molecule has 1 saturated carbocycles. The van der Waals surface area contributed by atoms with Crippen LogP contribution in [-0.2, 0) is 15.1 Å². The number of aromatic nitrogens is 3. The topological polar surface area (TPSA) is 72.1 Å². The van der Waals surface area contributed by atoms with Gasteiger partial charge in [-0.25, -0.2) is 0 Å². The molecule has 0 aromatic carbocycles. The summed E-state index contributed by atoms with van der Waals surface area (Å²) in [6, 6.07) is 0. The Hall–Kier alpha value is -1.14. The quantitative estimate of drug-likeness (QED) is 0.800. The standard InChI is InChI=1S/C14H24N4O2/c1-10(2)20-14(6-8-19-9-14)12-16-13(18-17-12)15-7-5-11-3-4-11/h10-11H,3-9H2,1-2H3,(H2,15,16,17,18). The highest BCUT2D eigenvalue weighted by Crippen LogP contribution is 2.34. The molecular formula is C14H24N4O2. The smallest absolute Gasteiger partial charge is 0.242 e. The normalized spacial score (nSPS) is 26.4. The van der Waals surface area contributed by atoms with E-state index in [2.05, 4.69) is 20.5 Å². The molecule has 1 aromatic heterocycles. The first kappa shape index (κ1) is 13.8. The van der Waals surface area contributed by atoms with Crippen LogP contribution >= 0.6 is 0 Å². The van der Waals surface area contributed by atoms with Crippen LogP contribution in [0.2, 0.25) is 0 Å². The number of anilines is 1. The number of nitrogens with zero attached hydrogens (tertiary/aromatic N) is 2. The zero-order chi connectivity index (χ0) is 14.0. The Labute approximate surface area is 119 Å². The third-order valence-corrected chi connectivity index (χ3v) is 3.90. The van der Waals surface area contributed by atoms with Gasteiger partial charge in [0.1, 0.15) is 0 Å². The molecule has 6 nitrogen and oxygen atoms in total. The van der Waals surface area contributed by atoms with Crippen LogP contribution in [0.1, 0.15) is 45.4 Å². The molecule has 0 amide bonds. The number of hydrogen-bond acceptors (Lipinski definition) is 5. The molecule has 2 aliphatic rings. The van der Waals surface area contributed by atoms with Crippen molar-refractivity contribution in [3.05, 3.63) is 5.82 Å². The van der Waals surface area contributed by atoms with Crippen molar-refractivity contribution in [1.29, 1.82) is 0 Å². The Morgan fingerprint density at radius 3 is 3.00 bits per heavy atom. The molecule has 1 aliphatic carbocycles. The minimum absolute atomic E-state index is 0.132. The average Bonchev–Trinajstić information content (AvgIpc) is 2.89. The second-order valence-corrected chi connectivity index (χ2v) is 6.13. The molecular weight excluding hydrogens is 256 g/mol. The molecule has 3 rings (SSSR count). The van der Waals surface area contributed by atoms with E-state index in [9.17, 15) is 0 Å². The summed E-state index contributed by atoms with van der Waals surface area (Å²) in [4.78, 5) is 4.55. The lowest BCUT2D eigenvalue weighted by molar-refractivity contribution is -0.0923. The van der Waals surface area contributed by atoms with Crippen LogP contribution in [-0.4, -0.2) is 41.0 Å². The third kappa shape index (κ3) is 3.12. The van der Waals surface area contributed by atoms with Gasteiger partial charge in [-0.3, -0.25) is 5.10 Å². The van der Waals surface area contributed by atoms with E-state index >= 15 is 0 Å². The maximum Gasteiger partial charge on any atom is 0.242 e.